The van der Waals surface area contributed by atoms with Gasteiger partial charge >= 0.3 is 0 Å². The lowest BCUT2D eigenvalue weighted by Crippen LogP contribution is -2.60. The van der Waals surface area contributed by atoms with E-state index in [9.17, 15) is 4.79 Å². The fourth-order valence-corrected chi connectivity index (χ4v) is 9.52. The van der Waals surface area contributed by atoms with Crippen molar-refractivity contribution in [1.29, 1.82) is 0 Å². The standard InChI is InChI=1S/C36H58O5S2Si/c1-22(2)16-15-20-35(9)26-18-17-23(3)29(36(26,10)21-19-27(35)41-44(13,14)34(6,7)8)31(40-33(42)43-12)28-30(37)24(4)25(5)39-32(28)38-11/h16,26-27,29,31H,3,15,17-21H2,1-2,4-14H3/t26-,27-,29-,31?,35-,36-/m0/s1. The van der Waals surface area contributed by atoms with Crippen molar-refractivity contribution in [2.75, 3.05) is 13.4 Å². The van der Waals surface area contributed by atoms with Crippen molar-refractivity contribution in [3.8, 4) is 5.95 Å². The van der Waals surface area contributed by atoms with E-state index in [1.165, 1.54) is 17.3 Å². The van der Waals surface area contributed by atoms with E-state index in [1.54, 1.807) is 21.0 Å². The van der Waals surface area contributed by atoms with Crippen molar-refractivity contribution in [2.45, 2.75) is 131 Å². The van der Waals surface area contributed by atoms with Gasteiger partial charge in [0.25, 0.3) is 5.95 Å². The molecule has 0 N–H and O–H groups in total. The third kappa shape index (κ3) is 7.13. The number of hydrogen-bond donors (Lipinski definition) is 0. The summed E-state index contributed by atoms with van der Waals surface area (Å²) in [6, 6.07) is 0. The molecule has 248 valence electrons. The topological polar surface area (TPSA) is 57.9 Å². The third-order valence-electron chi connectivity index (χ3n) is 11.4. The fraction of sp³-hybridized carbons (Fsp3) is 0.722. The van der Waals surface area contributed by atoms with Gasteiger partial charge in [0.05, 0.1) is 13.2 Å². The monoisotopic (exact) mass is 662 g/mol. The van der Waals surface area contributed by atoms with Crippen LogP contribution in [0.3, 0.4) is 0 Å². The minimum absolute atomic E-state index is 0.0735. The quantitative estimate of drug-likeness (QED) is 0.148. The van der Waals surface area contributed by atoms with E-state index < -0.39 is 14.4 Å². The van der Waals surface area contributed by atoms with Gasteiger partial charge in [-0.1, -0.05) is 70.2 Å². The predicted octanol–water partition coefficient (Wildman–Crippen LogP) is 10.5. The van der Waals surface area contributed by atoms with Crippen molar-refractivity contribution in [2.24, 2.45) is 22.7 Å². The average molecular weight is 663 g/mol. The first-order valence-electron chi connectivity index (χ1n) is 16.2. The van der Waals surface area contributed by atoms with Crippen LogP contribution in [0.5, 0.6) is 5.95 Å². The zero-order valence-electron chi connectivity index (χ0n) is 29.7. The highest BCUT2D eigenvalue weighted by atomic mass is 32.2. The van der Waals surface area contributed by atoms with E-state index >= 15 is 0 Å². The van der Waals surface area contributed by atoms with Crippen molar-refractivity contribution in [3.05, 3.63) is 50.9 Å². The van der Waals surface area contributed by atoms with Crippen molar-refractivity contribution < 1.29 is 18.3 Å². The molecule has 2 aliphatic rings. The number of allylic oxidation sites excluding steroid dienone is 2. The number of hydrogen-bond acceptors (Lipinski definition) is 7. The zero-order chi connectivity index (χ0) is 33.4. The maximum absolute atomic E-state index is 14.0. The van der Waals surface area contributed by atoms with Crippen LogP contribution in [0.15, 0.2) is 33.0 Å². The van der Waals surface area contributed by atoms with Gasteiger partial charge in [0.1, 0.15) is 17.4 Å². The Kier molecular flexibility index (Phi) is 11.6. The molecule has 3 rings (SSSR count). The summed E-state index contributed by atoms with van der Waals surface area (Å²) in [6.07, 6.45) is 9.62. The summed E-state index contributed by atoms with van der Waals surface area (Å²) in [5.74, 6) is 0.926. The second kappa shape index (κ2) is 13.8. The predicted molar refractivity (Wildman–Crippen MR) is 192 cm³/mol. The van der Waals surface area contributed by atoms with E-state index in [0.717, 1.165) is 44.1 Å². The van der Waals surface area contributed by atoms with Gasteiger partial charge < -0.3 is 18.3 Å². The molecule has 2 saturated carbocycles. The molecule has 0 saturated heterocycles. The maximum Gasteiger partial charge on any atom is 0.295 e. The van der Waals surface area contributed by atoms with Crippen LogP contribution < -0.4 is 10.2 Å². The Balaban J connectivity index is 2.23. The minimum atomic E-state index is -2.03. The van der Waals surface area contributed by atoms with Crippen LogP contribution in [0.1, 0.15) is 110 Å². The Morgan fingerprint density at radius 2 is 1.86 bits per heavy atom. The number of thiocarbonyl (C=S) groups is 1. The Labute approximate surface area is 278 Å². The molecule has 0 aromatic carbocycles. The molecule has 1 aromatic rings. The first-order valence-corrected chi connectivity index (χ1v) is 20.7. The lowest BCUT2D eigenvalue weighted by atomic mass is 9.44. The van der Waals surface area contributed by atoms with Crippen LogP contribution >= 0.6 is 24.0 Å². The molecule has 0 amide bonds. The van der Waals surface area contributed by atoms with E-state index in [1.807, 2.05) is 6.26 Å². The molecular formula is C36H58O5S2Si. The highest BCUT2D eigenvalue weighted by molar-refractivity contribution is 8.22. The van der Waals surface area contributed by atoms with E-state index in [0.29, 0.717) is 27.2 Å². The van der Waals surface area contributed by atoms with E-state index in [2.05, 4.69) is 74.2 Å². The molecule has 44 heavy (non-hydrogen) atoms. The number of methoxy groups -OCH3 is 1. The molecule has 0 radical (unpaired) electrons. The Morgan fingerprint density at radius 3 is 2.41 bits per heavy atom. The van der Waals surface area contributed by atoms with Crippen LogP contribution in [0.4, 0.5) is 0 Å². The lowest BCUT2D eigenvalue weighted by Gasteiger charge is -2.63. The SMILES string of the molecule is C=C1CC[C@H]2[C@](C)(CCC=C(C)C)[C@@H](O[Si](C)(C)C(C)(C)C)CC[C@]2(C)[C@@H]1C(OC(=S)SC)c1c(OC)oc(C)c(C)c1=O. The normalized spacial score (nSPS) is 28.2. The second-order valence-electron chi connectivity index (χ2n) is 15.5. The van der Waals surface area contributed by atoms with Crippen molar-refractivity contribution >= 4 is 36.7 Å². The van der Waals surface area contributed by atoms with Crippen LogP contribution in [-0.4, -0.2) is 32.2 Å². The first-order chi connectivity index (χ1) is 20.2. The maximum atomic E-state index is 14.0. The molecule has 5 nitrogen and oxygen atoms in total. The van der Waals surface area contributed by atoms with Gasteiger partial charge in [-0.15, -0.1) is 0 Å². The third-order valence-corrected chi connectivity index (χ3v) is 16.9. The Bertz CT molecular complexity index is 1320. The first kappa shape index (κ1) is 37.1. The molecule has 1 aromatic heterocycles. The highest BCUT2D eigenvalue weighted by Crippen LogP contribution is 2.66. The average Bonchev–Trinajstić information content (AvgIpc) is 2.91. The van der Waals surface area contributed by atoms with Gasteiger partial charge in [-0.05, 0) is 120 Å². The van der Waals surface area contributed by atoms with Crippen LogP contribution in [-0.2, 0) is 9.16 Å². The molecule has 1 unspecified atom stereocenters. The van der Waals surface area contributed by atoms with Crippen LogP contribution in [0.25, 0.3) is 0 Å². The second-order valence-corrected chi connectivity index (χ2v) is 21.6. The number of aryl methyl sites for hydroxylation is 1. The highest BCUT2D eigenvalue weighted by Gasteiger charge is 2.61. The fourth-order valence-electron chi connectivity index (χ4n) is 7.77. The molecule has 6 atom stereocenters. The lowest BCUT2D eigenvalue weighted by molar-refractivity contribution is -0.146. The summed E-state index contributed by atoms with van der Waals surface area (Å²) in [5.41, 5.74) is 3.02. The van der Waals surface area contributed by atoms with Gasteiger partial charge in [-0.2, -0.15) is 0 Å². The van der Waals surface area contributed by atoms with Gasteiger partial charge in [0.15, 0.2) is 13.7 Å². The largest absolute Gasteiger partial charge is 0.469 e. The Hall–Kier alpha value is -1.35. The Morgan fingerprint density at radius 1 is 1.23 bits per heavy atom. The minimum Gasteiger partial charge on any atom is -0.469 e. The summed E-state index contributed by atoms with van der Waals surface area (Å²) < 4.78 is 26.2. The molecule has 1 heterocycles. The van der Waals surface area contributed by atoms with Gasteiger partial charge in [0, 0.05) is 11.5 Å². The molecule has 8 heteroatoms. The molecule has 0 aliphatic heterocycles. The number of rotatable bonds is 9. The van der Waals surface area contributed by atoms with E-state index in [4.69, 9.17) is 30.5 Å². The summed E-state index contributed by atoms with van der Waals surface area (Å²) in [4.78, 5) is 14.0. The van der Waals surface area contributed by atoms with Crippen molar-refractivity contribution in [3.63, 3.8) is 0 Å². The molecular weight excluding hydrogens is 605 g/mol. The molecule has 0 bridgehead atoms. The summed E-state index contributed by atoms with van der Waals surface area (Å²) >= 11 is 7.03. The van der Waals surface area contributed by atoms with Gasteiger partial charge in [-0.3, -0.25) is 4.79 Å². The number of ether oxygens (including phenoxy) is 2. The van der Waals surface area contributed by atoms with Gasteiger partial charge in [0.2, 0.25) is 4.38 Å². The van der Waals surface area contributed by atoms with Crippen LogP contribution in [0.2, 0.25) is 18.1 Å². The van der Waals surface area contributed by atoms with Crippen molar-refractivity contribution in [1.82, 2.24) is 0 Å². The summed E-state index contributed by atoms with van der Waals surface area (Å²) in [7, 11) is -0.488. The smallest absolute Gasteiger partial charge is 0.295 e. The summed E-state index contributed by atoms with van der Waals surface area (Å²) in [6.45, 7) is 29.2. The number of thioether (sulfide) groups is 1. The number of fused-ring (bicyclic) bond motifs is 1. The molecule has 2 aliphatic carbocycles. The molecule has 2 fully saturated rings. The molecule has 0 spiro atoms. The van der Waals surface area contributed by atoms with Gasteiger partial charge in [-0.25, -0.2) is 0 Å². The summed E-state index contributed by atoms with van der Waals surface area (Å²) in [5, 5.41) is 0.123. The van der Waals surface area contributed by atoms with Crippen LogP contribution in [0, 0.1) is 36.5 Å². The zero-order valence-corrected chi connectivity index (χ0v) is 32.3. The van der Waals surface area contributed by atoms with E-state index in [-0.39, 0.29) is 39.3 Å².